The highest BCUT2D eigenvalue weighted by Crippen LogP contribution is 2.43. The Morgan fingerprint density at radius 1 is 0.730 bits per heavy atom. The fraction of sp³-hybridized carbons (Fsp3) is 0.357. The van der Waals surface area contributed by atoms with Crippen LogP contribution in [0.3, 0.4) is 0 Å². The molecule has 0 unspecified atom stereocenters. The van der Waals surface area contributed by atoms with E-state index in [4.69, 9.17) is 27.9 Å². The van der Waals surface area contributed by atoms with Crippen LogP contribution >= 0.6 is 0 Å². The molecule has 2 fully saturated rings. The summed E-state index contributed by atoms with van der Waals surface area (Å²) in [6, 6.07) is 29.0. The highest BCUT2D eigenvalue weighted by molar-refractivity contribution is 7.86. The minimum Gasteiger partial charge on any atom is -0.368 e. The third kappa shape index (κ3) is 6.45. The number of ether oxygens (including phenoxy) is 5. The predicted molar refractivity (Wildman–Crippen MR) is 135 cm³/mol. The van der Waals surface area contributed by atoms with Gasteiger partial charge >= 0.3 is 0 Å². The lowest BCUT2D eigenvalue weighted by molar-refractivity contribution is -0.335. The van der Waals surface area contributed by atoms with Crippen LogP contribution in [-0.2, 0) is 57.8 Å². The monoisotopic (exact) mass is 526 g/mol. The Kier molecular flexibility index (Phi) is 8.01. The number of benzene rings is 3. The Labute approximate surface area is 217 Å². The van der Waals surface area contributed by atoms with Crippen LogP contribution in [0.4, 0.5) is 0 Å². The zero-order chi connectivity index (χ0) is 25.7. The van der Waals surface area contributed by atoms with Gasteiger partial charge in [-0.3, -0.25) is 0 Å². The van der Waals surface area contributed by atoms with Gasteiger partial charge in [0.1, 0.15) is 24.9 Å². The predicted octanol–water partition coefficient (Wildman–Crippen LogP) is 3.80. The molecule has 5 atom stereocenters. The topological polar surface area (TPSA) is 89.5 Å². The van der Waals surface area contributed by atoms with Crippen LogP contribution in [0.1, 0.15) is 16.7 Å². The number of hydrogen-bond donors (Lipinski definition) is 0. The van der Waals surface area contributed by atoms with Crippen molar-refractivity contribution in [2.24, 2.45) is 0 Å². The summed E-state index contributed by atoms with van der Waals surface area (Å²) in [7, 11) is -3.93. The molecule has 3 aromatic rings. The van der Waals surface area contributed by atoms with E-state index in [1.165, 1.54) is 0 Å². The fourth-order valence-electron chi connectivity index (χ4n) is 4.57. The summed E-state index contributed by atoms with van der Waals surface area (Å²) in [5.74, 6) is -1.71. The maximum absolute atomic E-state index is 12.3. The van der Waals surface area contributed by atoms with Crippen LogP contribution in [0.15, 0.2) is 91.0 Å². The van der Waals surface area contributed by atoms with E-state index in [-0.39, 0.29) is 26.4 Å². The van der Waals surface area contributed by atoms with Gasteiger partial charge in [-0.2, -0.15) is 8.42 Å². The van der Waals surface area contributed by atoms with Gasteiger partial charge in [0.15, 0.2) is 6.29 Å². The van der Waals surface area contributed by atoms with E-state index in [2.05, 4.69) is 0 Å². The van der Waals surface area contributed by atoms with Gasteiger partial charge in [-0.15, -0.1) is 0 Å². The van der Waals surface area contributed by atoms with Crippen LogP contribution in [-0.4, -0.2) is 51.7 Å². The van der Waals surface area contributed by atoms with Crippen molar-refractivity contribution >= 4 is 10.1 Å². The van der Waals surface area contributed by atoms with Crippen molar-refractivity contribution in [3.63, 3.8) is 0 Å². The van der Waals surface area contributed by atoms with Crippen molar-refractivity contribution in [2.75, 3.05) is 12.9 Å². The van der Waals surface area contributed by atoms with Crippen molar-refractivity contribution in [3.8, 4) is 0 Å². The lowest BCUT2D eigenvalue weighted by atomic mass is 9.97. The second kappa shape index (κ2) is 11.4. The molecule has 2 saturated heterocycles. The molecule has 2 bridgehead atoms. The summed E-state index contributed by atoms with van der Waals surface area (Å²) >= 11 is 0. The van der Waals surface area contributed by atoms with E-state index in [0.717, 1.165) is 22.9 Å². The van der Waals surface area contributed by atoms with E-state index in [1.54, 1.807) is 0 Å². The van der Waals surface area contributed by atoms with Crippen molar-refractivity contribution in [1.29, 1.82) is 0 Å². The van der Waals surface area contributed by atoms with Crippen molar-refractivity contribution in [3.05, 3.63) is 108 Å². The molecule has 0 saturated carbocycles. The van der Waals surface area contributed by atoms with E-state index < -0.39 is 40.5 Å². The molecule has 8 nitrogen and oxygen atoms in total. The van der Waals surface area contributed by atoms with Gasteiger partial charge in [-0.25, -0.2) is 4.18 Å². The average Bonchev–Trinajstić information content (AvgIpc) is 3.27. The first kappa shape index (κ1) is 26.0. The summed E-state index contributed by atoms with van der Waals surface area (Å²) < 4.78 is 61.1. The molecule has 0 N–H and O–H groups in total. The Hall–Kier alpha value is -2.63. The van der Waals surface area contributed by atoms with Crippen LogP contribution in [0.25, 0.3) is 0 Å². The normalized spacial score (nSPS) is 27.3. The van der Waals surface area contributed by atoms with Gasteiger partial charge < -0.3 is 23.7 Å². The molecule has 37 heavy (non-hydrogen) atoms. The Morgan fingerprint density at radius 3 is 1.68 bits per heavy atom. The standard InChI is InChI=1S/C28H30O8S/c1-37(29,30)36-28-20-34-27(35-28)25(32-18-22-13-7-3-8-14-22)24(31-17-21-11-5-2-6-12-21)26(28)33-19-23-15-9-4-10-16-23/h2-16,24-27H,17-20H2,1H3/t24-,25-,26+,27+,28-/m1/s1. The second-order valence-electron chi connectivity index (χ2n) is 9.14. The molecule has 0 aliphatic carbocycles. The largest absolute Gasteiger partial charge is 0.368 e. The average molecular weight is 527 g/mol. The van der Waals surface area contributed by atoms with Crippen molar-refractivity contribution < 1.29 is 36.3 Å². The first-order chi connectivity index (χ1) is 17.9. The van der Waals surface area contributed by atoms with Gasteiger partial charge in [-0.05, 0) is 16.7 Å². The van der Waals surface area contributed by atoms with Gasteiger partial charge in [0.05, 0.1) is 26.1 Å². The van der Waals surface area contributed by atoms with Crippen LogP contribution in [0.5, 0.6) is 0 Å². The molecule has 2 aliphatic rings. The van der Waals surface area contributed by atoms with Gasteiger partial charge in [0.2, 0.25) is 5.79 Å². The second-order valence-corrected chi connectivity index (χ2v) is 10.7. The Morgan fingerprint density at radius 2 is 1.19 bits per heavy atom. The van der Waals surface area contributed by atoms with Crippen LogP contribution in [0, 0.1) is 0 Å². The molecule has 0 amide bonds. The van der Waals surface area contributed by atoms with E-state index in [1.807, 2.05) is 91.0 Å². The minimum atomic E-state index is -3.93. The first-order valence-electron chi connectivity index (χ1n) is 12.1. The highest BCUT2D eigenvalue weighted by Gasteiger charge is 2.64. The van der Waals surface area contributed by atoms with E-state index >= 15 is 0 Å². The van der Waals surface area contributed by atoms with Gasteiger partial charge in [-0.1, -0.05) is 91.0 Å². The smallest absolute Gasteiger partial charge is 0.267 e. The number of fused-ring (bicyclic) bond motifs is 2. The Balaban J connectivity index is 1.45. The summed E-state index contributed by atoms with van der Waals surface area (Å²) in [6.45, 7) is 0.570. The first-order valence-corrected chi connectivity index (χ1v) is 13.9. The molecular weight excluding hydrogens is 496 g/mol. The van der Waals surface area contributed by atoms with Crippen LogP contribution in [0.2, 0.25) is 0 Å². The number of hydrogen-bond acceptors (Lipinski definition) is 8. The van der Waals surface area contributed by atoms with Gasteiger partial charge in [0.25, 0.3) is 10.1 Å². The summed E-state index contributed by atoms with van der Waals surface area (Å²) in [5.41, 5.74) is 2.82. The maximum Gasteiger partial charge on any atom is 0.267 e. The molecule has 0 aromatic heterocycles. The summed E-state index contributed by atoms with van der Waals surface area (Å²) in [4.78, 5) is 0. The van der Waals surface area contributed by atoms with E-state index in [9.17, 15) is 8.42 Å². The van der Waals surface area contributed by atoms with Crippen molar-refractivity contribution in [1.82, 2.24) is 0 Å². The minimum absolute atomic E-state index is 0.152. The molecule has 9 heteroatoms. The molecular formula is C28H30O8S. The third-order valence-electron chi connectivity index (χ3n) is 6.22. The molecule has 2 heterocycles. The molecule has 196 valence electrons. The third-order valence-corrected chi connectivity index (χ3v) is 6.81. The molecule has 5 rings (SSSR count). The zero-order valence-corrected chi connectivity index (χ0v) is 21.3. The molecule has 0 radical (unpaired) electrons. The molecule has 0 spiro atoms. The zero-order valence-electron chi connectivity index (χ0n) is 20.5. The molecule has 2 aliphatic heterocycles. The van der Waals surface area contributed by atoms with Gasteiger partial charge in [0, 0.05) is 0 Å². The quantitative estimate of drug-likeness (QED) is 0.349. The Bertz CT molecular complexity index is 1240. The van der Waals surface area contributed by atoms with E-state index in [0.29, 0.717) is 0 Å². The summed E-state index contributed by atoms with van der Waals surface area (Å²) in [5, 5.41) is 0. The summed E-state index contributed by atoms with van der Waals surface area (Å²) in [6.07, 6.45) is -2.35. The lowest BCUT2D eigenvalue weighted by Crippen LogP contribution is -2.64. The van der Waals surface area contributed by atoms with Crippen LogP contribution < -0.4 is 0 Å². The SMILES string of the molecule is CS(=O)(=O)O[C@@]12CO[C@@H](O1)[C@H](OCc1ccccc1)[C@@H](OCc1ccccc1)[C@@H]2OCc1ccccc1. The highest BCUT2D eigenvalue weighted by atomic mass is 32.2. The fourth-order valence-corrected chi connectivity index (χ4v) is 5.26. The van der Waals surface area contributed by atoms with Crippen molar-refractivity contribution in [2.45, 2.75) is 50.2 Å². The number of rotatable bonds is 11. The lowest BCUT2D eigenvalue weighted by Gasteiger charge is -2.45. The maximum atomic E-state index is 12.3. The molecule has 3 aromatic carbocycles.